The molecule has 0 saturated heterocycles. The van der Waals surface area contributed by atoms with Gasteiger partial charge in [0.15, 0.2) is 0 Å². The fourth-order valence-corrected chi connectivity index (χ4v) is 2.85. The molecule has 5 nitrogen and oxygen atoms in total. The van der Waals surface area contributed by atoms with E-state index in [0.29, 0.717) is 11.3 Å². The monoisotopic (exact) mass is 332 g/mol. The van der Waals surface area contributed by atoms with Crippen LogP contribution in [0, 0.1) is 0 Å². The highest BCUT2D eigenvalue weighted by atomic mass is 32.2. The summed E-state index contributed by atoms with van der Waals surface area (Å²) in [5, 5.41) is 8.76. The van der Waals surface area contributed by atoms with Crippen LogP contribution in [0.1, 0.15) is 15.9 Å². The zero-order chi connectivity index (χ0) is 16.8. The van der Waals surface area contributed by atoms with E-state index < -0.39 is 11.9 Å². The molecule has 0 fully saturated rings. The van der Waals surface area contributed by atoms with Crippen LogP contribution in [0.5, 0.6) is 5.75 Å². The van der Waals surface area contributed by atoms with Crippen molar-refractivity contribution in [2.24, 2.45) is 0 Å². The van der Waals surface area contributed by atoms with Gasteiger partial charge in [-0.1, -0.05) is 23.9 Å². The summed E-state index contributed by atoms with van der Waals surface area (Å²) in [5.41, 5.74) is 1.12. The molecule has 0 unspecified atom stereocenters. The third kappa shape index (κ3) is 4.50. The predicted octanol–water partition coefficient (Wildman–Crippen LogP) is 3.26. The summed E-state index contributed by atoms with van der Waals surface area (Å²) in [7, 11) is 2.82. The Hall–Kier alpha value is -2.47. The molecule has 23 heavy (non-hydrogen) atoms. The number of esters is 1. The van der Waals surface area contributed by atoms with E-state index in [-0.39, 0.29) is 6.42 Å². The van der Waals surface area contributed by atoms with Gasteiger partial charge in [0.25, 0.3) is 0 Å². The number of hydrogen-bond donors (Lipinski definition) is 1. The van der Waals surface area contributed by atoms with Crippen molar-refractivity contribution in [3.8, 4) is 5.75 Å². The average Bonchev–Trinajstić information content (AvgIpc) is 2.55. The van der Waals surface area contributed by atoms with Crippen molar-refractivity contribution in [1.29, 1.82) is 0 Å². The number of carbonyl (C=O) groups is 2. The maximum absolute atomic E-state index is 11.6. The van der Waals surface area contributed by atoms with Crippen LogP contribution in [-0.2, 0) is 16.0 Å². The van der Waals surface area contributed by atoms with E-state index in [1.165, 1.54) is 26.0 Å². The Morgan fingerprint density at radius 3 is 2.26 bits per heavy atom. The molecule has 0 bridgehead atoms. The van der Waals surface area contributed by atoms with Gasteiger partial charge >= 0.3 is 11.9 Å². The summed E-state index contributed by atoms with van der Waals surface area (Å²) in [6.45, 7) is 0. The van der Waals surface area contributed by atoms with Gasteiger partial charge in [-0.15, -0.1) is 0 Å². The van der Waals surface area contributed by atoms with Crippen molar-refractivity contribution in [2.75, 3.05) is 14.2 Å². The molecule has 2 rings (SSSR count). The molecule has 0 heterocycles. The highest BCUT2D eigenvalue weighted by Crippen LogP contribution is 2.32. The average molecular weight is 332 g/mol. The number of benzene rings is 2. The molecule has 0 aliphatic rings. The fourth-order valence-electron chi connectivity index (χ4n) is 2.00. The first kappa shape index (κ1) is 16.9. The number of carboxylic acids is 1. The van der Waals surface area contributed by atoms with Crippen molar-refractivity contribution >= 4 is 23.7 Å². The highest BCUT2D eigenvalue weighted by Gasteiger charge is 2.13. The molecular formula is C17H16O5S. The topological polar surface area (TPSA) is 72.8 Å². The van der Waals surface area contributed by atoms with Crippen molar-refractivity contribution in [3.05, 3.63) is 53.6 Å². The molecule has 0 spiro atoms. The Kier molecular flexibility index (Phi) is 5.65. The minimum Gasteiger partial charge on any atom is -0.496 e. The van der Waals surface area contributed by atoms with Crippen molar-refractivity contribution < 1.29 is 24.2 Å². The predicted molar refractivity (Wildman–Crippen MR) is 86.2 cm³/mol. The Morgan fingerprint density at radius 1 is 1.04 bits per heavy atom. The Bertz CT molecular complexity index is 709. The minimum absolute atomic E-state index is 0.00654. The van der Waals surface area contributed by atoms with Crippen LogP contribution in [0.15, 0.2) is 52.3 Å². The van der Waals surface area contributed by atoms with Gasteiger partial charge in [-0.05, 0) is 35.9 Å². The van der Waals surface area contributed by atoms with E-state index >= 15 is 0 Å². The van der Waals surface area contributed by atoms with Gasteiger partial charge in [-0.2, -0.15) is 0 Å². The molecule has 0 aromatic heterocycles. The number of carboxylic acid groups (broad SMARTS) is 1. The second-order valence-corrected chi connectivity index (χ2v) is 5.82. The number of ether oxygens (including phenoxy) is 2. The van der Waals surface area contributed by atoms with Gasteiger partial charge in [-0.3, -0.25) is 4.79 Å². The lowest BCUT2D eigenvalue weighted by atomic mass is 10.2. The van der Waals surface area contributed by atoms with E-state index in [1.54, 1.807) is 24.3 Å². The lowest BCUT2D eigenvalue weighted by Gasteiger charge is -2.09. The molecular weight excluding hydrogens is 316 g/mol. The highest BCUT2D eigenvalue weighted by molar-refractivity contribution is 7.99. The molecule has 0 amide bonds. The number of methoxy groups -OCH3 is 2. The quantitative estimate of drug-likeness (QED) is 0.819. The standard InChI is InChI=1S/C17H16O5S/c1-21-15-10-13(7-8-14(15)17(20)22-2)23-12-5-3-11(4-6-12)9-16(18)19/h3-8,10H,9H2,1-2H3,(H,18,19). The van der Waals surface area contributed by atoms with Gasteiger partial charge in [0.2, 0.25) is 0 Å². The van der Waals surface area contributed by atoms with Crippen LogP contribution in [0.25, 0.3) is 0 Å². The summed E-state index contributed by atoms with van der Waals surface area (Å²) < 4.78 is 9.94. The molecule has 0 atom stereocenters. The van der Waals surface area contributed by atoms with Gasteiger partial charge in [0.1, 0.15) is 11.3 Å². The van der Waals surface area contributed by atoms with Gasteiger partial charge in [0, 0.05) is 9.79 Å². The molecule has 1 N–H and O–H groups in total. The van der Waals surface area contributed by atoms with Gasteiger partial charge < -0.3 is 14.6 Å². The number of rotatable bonds is 6. The Morgan fingerprint density at radius 2 is 1.70 bits per heavy atom. The maximum Gasteiger partial charge on any atom is 0.341 e. The lowest BCUT2D eigenvalue weighted by Crippen LogP contribution is -2.03. The van der Waals surface area contributed by atoms with Crippen LogP contribution >= 0.6 is 11.8 Å². The smallest absolute Gasteiger partial charge is 0.341 e. The van der Waals surface area contributed by atoms with Crippen molar-refractivity contribution in [1.82, 2.24) is 0 Å². The largest absolute Gasteiger partial charge is 0.496 e. The zero-order valence-electron chi connectivity index (χ0n) is 12.7. The Labute approximate surface area is 138 Å². The fraction of sp³-hybridized carbons (Fsp3) is 0.176. The number of hydrogen-bond acceptors (Lipinski definition) is 5. The number of carbonyl (C=O) groups excluding carboxylic acids is 1. The second kappa shape index (κ2) is 7.69. The summed E-state index contributed by atoms with van der Waals surface area (Å²) in [5.74, 6) is -0.852. The van der Waals surface area contributed by atoms with Crippen molar-refractivity contribution in [3.63, 3.8) is 0 Å². The minimum atomic E-state index is -0.853. The third-order valence-electron chi connectivity index (χ3n) is 3.09. The summed E-state index contributed by atoms with van der Waals surface area (Å²) in [6, 6.07) is 12.5. The normalized spacial score (nSPS) is 10.2. The first-order valence-corrected chi connectivity index (χ1v) is 7.60. The van der Waals surface area contributed by atoms with E-state index in [9.17, 15) is 9.59 Å². The van der Waals surface area contributed by atoms with Crippen LogP contribution in [0.4, 0.5) is 0 Å². The van der Waals surface area contributed by atoms with Crippen LogP contribution in [0.3, 0.4) is 0 Å². The molecule has 0 aliphatic carbocycles. The summed E-state index contributed by atoms with van der Waals surface area (Å²) in [6.07, 6.45) is 0.00654. The second-order valence-electron chi connectivity index (χ2n) is 4.67. The first-order chi connectivity index (χ1) is 11.0. The zero-order valence-corrected chi connectivity index (χ0v) is 13.6. The molecule has 0 saturated carbocycles. The maximum atomic E-state index is 11.6. The lowest BCUT2D eigenvalue weighted by molar-refractivity contribution is -0.136. The summed E-state index contributed by atoms with van der Waals surface area (Å²) in [4.78, 5) is 24.2. The number of aliphatic carboxylic acids is 1. The van der Waals surface area contributed by atoms with E-state index in [1.807, 2.05) is 18.2 Å². The van der Waals surface area contributed by atoms with E-state index in [0.717, 1.165) is 15.4 Å². The first-order valence-electron chi connectivity index (χ1n) is 6.78. The van der Waals surface area contributed by atoms with Crippen LogP contribution in [-0.4, -0.2) is 31.3 Å². The molecule has 0 aliphatic heterocycles. The Balaban J connectivity index is 2.16. The van der Waals surface area contributed by atoms with Crippen molar-refractivity contribution in [2.45, 2.75) is 16.2 Å². The van der Waals surface area contributed by atoms with Gasteiger partial charge in [-0.25, -0.2) is 4.79 Å². The van der Waals surface area contributed by atoms with E-state index in [4.69, 9.17) is 14.6 Å². The molecule has 0 radical (unpaired) electrons. The third-order valence-corrected chi connectivity index (χ3v) is 4.09. The molecule has 120 valence electrons. The summed E-state index contributed by atoms with van der Waals surface area (Å²) >= 11 is 1.49. The van der Waals surface area contributed by atoms with E-state index in [2.05, 4.69) is 0 Å². The molecule has 6 heteroatoms. The van der Waals surface area contributed by atoms with Crippen LogP contribution < -0.4 is 4.74 Å². The molecule has 2 aromatic rings. The SMILES string of the molecule is COC(=O)c1ccc(Sc2ccc(CC(=O)O)cc2)cc1OC. The van der Waals surface area contributed by atoms with Crippen LogP contribution in [0.2, 0.25) is 0 Å². The molecule has 2 aromatic carbocycles. The van der Waals surface area contributed by atoms with Gasteiger partial charge in [0.05, 0.1) is 20.6 Å².